The molecule has 2 rings (SSSR count). The third-order valence-electron chi connectivity index (χ3n) is 4.73. The van der Waals surface area contributed by atoms with Crippen molar-refractivity contribution in [2.75, 3.05) is 19.7 Å². The number of carbonyl (C=O) groups is 2. The van der Waals surface area contributed by atoms with Crippen molar-refractivity contribution in [3.8, 4) is 11.6 Å². The molecule has 180 valence electrons. The third kappa shape index (κ3) is 7.45. The number of amides is 2. The fourth-order valence-corrected chi connectivity index (χ4v) is 3.00. The topological polar surface area (TPSA) is 90.0 Å². The molecule has 0 aliphatic carbocycles. The van der Waals surface area contributed by atoms with Crippen LogP contribution in [-0.4, -0.2) is 59.6 Å². The Bertz CT molecular complexity index is 824. The predicted octanol–water partition coefficient (Wildman–Crippen LogP) is 3.76. The molecule has 0 saturated carbocycles. The first-order valence-electron chi connectivity index (χ1n) is 10.2. The van der Waals surface area contributed by atoms with Crippen molar-refractivity contribution in [3.05, 3.63) is 18.3 Å². The van der Waals surface area contributed by atoms with Gasteiger partial charge in [-0.2, -0.15) is 0 Å². The van der Waals surface area contributed by atoms with E-state index in [1.807, 2.05) is 6.92 Å². The number of carbonyl (C=O) groups excluding carboxylic acids is 2. The second-order valence-electron chi connectivity index (χ2n) is 9.47. The van der Waals surface area contributed by atoms with Crippen LogP contribution in [0.25, 0.3) is 0 Å². The first-order valence-corrected chi connectivity index (χ1v) is 10.2. The number of alkyl halides is 3. The molecule has 1 saturated heterocycles. The third-order valence-corrected chi connectivity index (χ3v) is 4.73. The summed E-state index contributed by atoms with van der Waals surface area (Å²) >= 11 is 0. The highest BCUT2D eigenvalue weighted by Crippen LogP contribution is 2.31. The number of nitrogens with zero attached hydrogens (tertiary/aromatic N) is 2. The number of hydrogen-bond acceptors (Lipinski definition) is 6. The van der Waals surface area contributed by atoms with Crippen molar-refractivity contribution in [1.29, 1.82) is 0 Å². The van der Waals surface area contributed by atoms with E-state index in [1.54, 1.807) is 39.5 Å². The lowest BCUT2D eigenvalue weighted by Gasteiger charge is -2.27. The molecule has 8 nitrogen and oxygen atoms in total. The number of aromatic nitrogens is 1. The number of ether oxygens (including phenoxy) is 3. The van der Waals surface area contributed by atoms with Gasteiger partial charge < -0.3 is 24.4 Å². The molecule has 1 aromatic rings. The van der Waals surface area contributed by atoms with E-state index in [4.69, 9.17) is 9.47 Å². The van der Waals surface area contributed by atoms with Crippen LogP contribution in [0.15, 0.2) is 18.3 Å². The monoisotopic (exact) mass is 461 g/mol. The van der Waals surface area contributed by atoms with Gasteiger partial charge in [0.1, 0.15) is 12.2 Å². The van der Waals surface area contributed by atoms with Gasteiger partial charge in [0, 0.05) is 19.3 Å². The second kappa shape index (κ2) is 9.41. The number of nitrogens with one attached hydrogen (secondary N) is 1. The van der Waals surface area contributed by atoms with Gasteiger partial charge in [-0.05, 0) is 52.7 Å². The van der Waals surface area contributed by atoms with Crippen LogP contribution in [0.3, 0.4) is 0 Å². The highest BCUT2D eigenvalue weighted by Gasteiger charge is 2.39. The lowest BCUT2D eigenvalue weighted by Crippen LogP contribution is -2.48. The number of pyridine rings is 1. The minimum Gasteiger partial charge on any atom is -0.474 e. The van der Waals surface area contributed by atoms with Crippen molar-refractivity contribution >= 4 is 12.0 Å². The fourth-order valence-electron chi connectivity index (χ4n) is 3.00. The maximum absolute atomic E-state index is 12.8. The molecule has 1 aliphatic rings. The summed E-state index contributed by atoms with van der Waals surface area (Å²) in [6, 6.07) is 2.06. The average Bonchev–Trinajstić information content (AvgIpc) is 2.99. The normalized spacial score (nSPS) is 19.5. The zero-order valence-corrected chi connectivity index (χ0v) is 19.1. The summed E-state index contributed by atoms with van der Waals surface area (Å²) in [6.45, 7) is 10.9. The summed E-state index contributed by atoms with van der Waals surface area (Å²) in [7, 11) is 0. The zero-order valence-electron chi connectivity index (χ0n) is 19.1. The summed E-state index contributed by atoms with van der Waals surface area (Å²) in [5.41, 5.74) is -1.72. The molecule has 0 spiro atoms. The molecular weight excluding hydrogens is 431 g/mol. The van der Waals surface area contributed by atoms with Crippen molar-refractivity contribution in [1.82, 2.24) is 15.2 Å². The van der Waals surface area contributed by atoms with E-state index in [1.165, 1.54) is 12.3 Å². The maximum Gasteiger partial charge on any atom is 0.573 e. The first kappa shape index (κ1) is 25.5. The van der Waals surface area contributed by atoms with Crippen LogP contribution in [0, 0.1) is 11.3 Å². The molecule has 1 aromatic heterocycles. The number of likely N-dealkylation sites (tertiary alicyclic amines) is 1. The molecule has 11 heteroatoms. The molecule has 1 fully saturated rings. The average molecular weight is 461 g/mol. The summed E-state index contributed by atoms with van der Waals surface area (Å²) in [6.07, 6.45) is -4.08. The van der Waals surface area contributed by atoms with Gasteiger partial charge in [-0.3, -0.25) is 4.79 Å². The largest absolute Gasteiger partial charge is 0.573 e. The Kier molecular flexibility index (Phi) is 7.51. The Morgan fingerprint density at radius 2 is 1.84 bits per heavy atom. The van der Waals surface area contributed by atoms with Gasteiger partial charge in [-0.1, -0.05) is 6.92 Å². The first-order chi connectivity index (χ1) is 14.6. The van der Waals surface area contributed by atoms with E-state index in [0.717, 1.165) is 6.07 Å². The minimum absolute atomic E-state index is 0.00855. The lowest BCUT2D eigenvalue weighted by molar-refractivity contribution is -0.275. The van der Waals surface area contributed by atoms with Crippen LogP contribution >= 0.6 is 0 Å². The Morgan fingerprint density at radius 3 is 2.44 bits per heavy atom. The lowest BCUT2D eigenvalue weighted by atomic mass is 9.92. The highest BCUT2D eigenvalue weighted by atomic mass is 19.4. The van der Waals surface area contributed by atoms with Gasteiger partial charge in [-0.15, -0.1) is 13.2 Å². The fraction of sp³-hybridized carbons (Fsp3) is 0.667. The summed E-state index contributed by atoms with van der Waals surface area (Å²) in [5.74, 6) is -1.33. The Morgan fingerprint density at radius 1 is 1.19 bits per heavy atom. The molecule has 2 atom stereocenters. The number of halogens is 3. The van der Waals surface area contributed by atoms with Gasteiger partial charge in [0.2, 0.25) is 5.91 Å². The molecule has 32 heavy (non-hydrogen) atoms. The van der Waals surface area contributed by atoms with E-state index in [2.05, 4.69) is 15.0 Å². The predicted molar refractivity (Wildman–Crippen MR) is 109 cm³/mol. The molecule has 0 aromatic carbocycles. The van der Waals surface area contributed by atoms with Crippen LogP contribution in [-0.2, 0) is 9.53 Å². The van der Waals surface area contributed by atoms with Crippen LogP contribution in [0.4, 0.5) is 18.0 Å². The Balaban J connectivity index is 1.96. The van der Waals surface area contributed by atoms with E-state index in [9.17, 15) is 22.8 Å². The van der Waals surface area contributed by atoms with E-state index in [0.29, 0.717) is 13.1 Å². The summed E-state index contributed by atoms with van der Waals surface area (Å²) in [5, 5.41) is 2.91. The quantitative estimate of drug-likeness (QED) is 0.694. The number of rotatable bonds is 6. The molecular formula is C21H30F3N3O5. The van der Waals surface area contributed by atoms with Gasteiger partial charge in [0.15, 0.2) is 5.75 Å². The van der Waals surface area contributed by atoms with E-state index in [-0.39, 0.29) is 30.4 Å². The Hall–Kier alpha value is -2.72. The van der Waals surface area contributed by atoms with Crippen molar-refractivity contribution in [2.45, 2.75) is 59.5 Å². The van der Waals surface area contributed by atoms with Gasteiger partial charge in [-0.25, -0.2) is 9.78 Å². The van der Waals surface area contributed by atoms with Crippen LogP contribution in [0.5, 0.6) is 11.6 Å². The van der Waals surface area contributed by atoms with Gasteiger partial charge >= 0.3 is 12.5 Å². The maximum atomic E-state index is 12.8. The van der Waals surface area contributed by atoms with Crippen molar-refractivity contribution < 1.29 is 37.0 Å². The van der Waals surface area contributed by atoms with E-state index >= 15 is 0 Å². The highest BCUT2D eigenvalue weighted by molar-refractivity contribution is 5.82. The molecule has 0 bridgehead atoms. The molecule has 2 amide bonds. The van der Waals surface area contributed by atoms with Crippen LogP contribution in [0.2, 0.25) is 0 Å². The van der Waals surface area contributed by atoms with Gasteiger partial charge in [0.05, 0.1) is 11.5 Å². The van der Waals surface area contributed by atoms with Crippen molar-refractivity contribution in [2.24, 2.45) is 11.3 Å². The van der Waals surface area contributed by atoms with Gasteiger partial charge in [0.25, 0.3) is 5.88 Å². The molecule has 0 radical (unpaired) electrons. The standard InChI is InChI=1S/C21H30F3N3O5/c1-13-10-27(18(29)32-19(2,3)4)11-14(13)26-17(28)20(5,6)12-30-16-15(8-7-9-25-16)31-21(22,23)24/h7-9,13-14H,10-12H2,1-6H3,(H,26,28). The van der Waals surface area contributed by atoms with Crippen molar-refractivity contribution in [3.63, 3.8) is 0 Å². The van der Waals surface area contributed by atoms with E-state index < -0.39 is 29.2 Å². The summed E-state index contributed by atoms with van der Waals surface area (Å²) in [4.78, 5) is 30.4. The summed E-state index contributed by atoms with van der Waals surface area (Å²) < 4.78 is 52.4. The van der Waals surface area contributed by atoms with Crippen LogP contribution < -0.4 is 14.8 Å². The molecule has 1 aliphatic heterocycles. The zero-order chi connectivity index (χ0) is 24.3. The van der Waals surface area contributed by atoms with Crippen LogP contribution in [0.1, 0.15) is 41.5 Å². The molecule has 2 unspecified atom stereocenters. The molecule has 2 heterocycles. The second-order valence-corrected chi connectivity index (χ2v) is 9.47. The number of hydrogen-bond donors (Lipinski definition) is 1. The Labute approximate surface area is 185 Å². The minimum atomic E-state index is -4.90. The SMILES string of the molecule is CC1CN(C(=O)OC(C)(C)C)CC1NC(=O)C(C)(C)COc1ncccc1OC(F)(F)F. The smallest absolute Gasteiger partial charge is 0.474 e. The molecule has 1 N–H and O–H groups in total.